The Balaban J connectivity index is 1.63. The van der Waals surface area contributed by atoms with E-state index in [1.54, 1.807) is 15.5 Å². The van der Waals surface area contributed by atoms with Crippen molar-refractivity contribution < 1.29 is 19.1 Å². The first-order valence-electron chi connectivity index (χ1n) is 9.45. The van der Waals surface area contributed by atoms with Crippen molar-refractivity contribution in [1.29, 1.82) is 0 Å². The molecule has 0 atom stereocenters. The molecule has 1 fully saturated rings. The maximum Gasteiger partial charge on any atom is 0.317 e. The molecule has 7 nitrogen and oxygen atoms in total. The molecule has 0 unspecified atom stereocenters. The number of rotatable bonds is 5. The zero-order chi connectivity index (χ0) is 20.8. The molecule has 4 N–H and O–H groups in total. The Kier molecular flexibility index (Phi) is 5.00. The van der Waals surface area contributed by atoms with Crippen LogP contribution in [-0.2, 0) is 13.1 Å². The molecule has 2 heterocycles. The van der Waals surface area contributed by atoms with E-state index in [0.717, 1.165) is 12.8 Å². The fraction of sp³-hybridized carbons (Fsp3) is 0.400. The van der Waals surface area contributed by atoms with E-state index < -0.39 is 11.7 Å². The molecular formula is C20H22ClFN4O3. The van der Waals surface area contributed by atoms with Crippen LogP contribution in [-0.4, -0.2) is 46.2 Å². The van der Waals surface area contributed by atoms with Crippen LogP contribution in [0, 0.1) is 11.2 Å². The van der Waals surface area contributed by atoms with E-state index in [4.69, 9.17) is 17.3 Å². The molecule has 2 aromatic rings. The number of hydrogen-bond donors (Lipinski definition) is 3. The normalized spacial score (nSPS) is 17.0. The predicted octanol–water partition coefficient (Wildman–Crippen LogP) is 2.34. The number of amides is 3. The first kappa shape index (κ1) is 19.7. The number of carbonyl (C=O) groups is 2. The molecule has 4 rings (SSSR count). The molecule has 154 valence electrons. The third-order valence-electron chi connectivity index (χ3n) is 5.80. The maximum atomic E-state index is 13.7. The number of carbonyl (C=O) groups excluding carboxylic acids is 2. The number of nitrogens with zero attached hydrogens (tertiary/aromatic N) is 2. The number of nitrogens with one attached hydrogen (secondary N) is 1. The summed E-state index contributed by atoms with van der Waals surface area (Å²) in [7, 11) is 0. The van der Waals surface area contributed by atoms with Gasteiger partial charge in [0.05, 0.1) is 24.4 Å². The van der Waals surface area contributed by atoms with Crippen LogP contribution < -0.4 is 11.1 Å². The first-order valence-corrected chi connectivity index (χ1v) is 9.83. The van der Waals surface area contributed by atoms with Crippen molar-refractivity contribution in [3.8, 4) is 11.1 Å². The standard InChI is InChI=1S/C20H22ClFN4O3/c21-17-15(12-2-1-3-13(22)8-12)16(18(23)28)14-9-25(6-7-26(14)17)19(29)24-10-20(11-27)4-5-20/h1-3,8,27H,4-7,9-11H2,(H2,23,28)(H,24,29). The number of halogens is 2. The lowest BCUT2D eigenvalue weighted by Crippen LogP contribution is -2.46. The van der Waals surface area contributed by atoms with Crippen LogP contribution in [0.4, 0.5) is 9.18 Å². The number of nitrogens with two attached hydrogens (primary N) is 1. The van der Waals surface area contributed by atoms with Crippen molar-refractivity contribution in [3.05, 3.63) is 46.5 Å². The third-order valence-corrected chi connectivity index (χ3v) is 6.19. The van der Waals surface area contributed by atoms with Gasteiger partial charge in [-0.25, -0.2) is 9.18 Å². The molecule has 2 aliphatic rings. The summed E-state index contributed by atoms with van der Waals surface area (Å²) in [4.78, 5) is 26.5. The van der Waals surface area contributed by atoms with Crippen molar-refractivity contribution in [2.75, 3.05) is 19.7 Å². The summed E-state index contributed by atoms with van der Waals surface area (Å²) in [5.74, 6) is -1.13. The van der Waals surface area contributed by atoms with Gasteiger partial charge >= 0.3 is 6.03 Å². The molecule has 29 heavy (non-hydrogen) atoms. The maximum absolute atomic E-state index is 13.7. The first-order chi connectivity index (χ1) is 13.8. The highest BCUT2D eigenvalue weighted by Gasteiger charge is 2.42. The molecule has 0 bridgehead atoms. The fourth-order valence-corrected chi connectivity index (χ4v) is 4.19. The smallest absolute Gasteiger partial charge is 0.317 e. The van der Waals surface area contributed by atoms with Crippen molar-refractivity contribution in [2.45, 2.75) is 25.9 Å². The quantitative estimate of drug-likeness (QED) is 0.692. The summed E-state index contributed by atoms with van der Waals surface area (Å²) in [6.45, 7) is 1.42. The monoisotopic (exact) mass is 420 g/mol. The summed E-state index contributed by atoms with van der Waals surface area (Å²) < 4.78 is 15.5. The second kappa shape index (κ2) is 7.35. The van der Waals surface area contributed by atoms with Gasteiger partial charge in [-0.3, -0.25) is 4.79 Å². The topological polar surface area (TPSA) is 101 Å². The lowest BCUT2D eigenvalue weighted by atomic mass is 10.0. The summed E-state index contributed by atoms with van der Waals surface area (Å²) in [5, 5.41) is 12.6. The molecule has 9 heteroatoms. The molecule has 0 spiro atoms. The van der Waals surface area contributed by atoms with Crippen molar-refractivity contribution in [2.24, 2.45) is 11.1 Å². The van der Waals surface area contributed by atoms with Crippen LogP contribution in [0.25, 0.3) is 11.1 Å². The predicted molar refractivity (Wildman–Crippen MR) is 106 cm³/mol. The van der Waals surface area contributed by atoms with Crippen molar-refractivity contribution >= 4 is 23.5 Å². The molecule has 1 saturated carbocycles. The second-order valence-electron chi connectivity index (χ2n) is 7.75. The molecule has 0 radical (unpaired) electrons. The molecule has 0 saturated heterocycles. The van der Waals surface area contributed by atoms with E-state index in [0.29, 0.717) is 41.6 Å². The van der Waals surface area contributed by atoms with E-state index in [1.807, 2.05) is 0 Å². The van der Waals surface area contributed by atoms with Gasteiger partial charge in [-0.2, -0.15) is 0 Å². The number of aliphatic hydroxyl groups excluding tert-OH is 1. The van der Waals surface area contributed by atoms with Gasteiger partial charge in [0.2, 0.25) is 0 Å². The highest BCUT2D eigenvalue weighted by molar-refractivity contribution is 6.33. The van der Waals surface area contributed by atoms with Crippen molar-refractivity contribution in [1.82, 2.24) is 14.8 Å². The minimum atomic E-state index is -0.681. The van der Waals surface area contributed by atoms with Crippen LogP contribution in [0.1, 0.15) is 28.9 Å². The Morgan fingerprint density at radius 2 is 2.07 bits per heavy atom. The van der Waals surface area contributed by atoms with Gasteiger partial charge in [0, 0.05) is 30.6 Å². The van der Waals surface area contributed by atoms with E-state index in [2.05, 4.69) is 5.32 Å². The third kappa shape index (κ3) is 3.58. The number of aliphatic hydroxyl groups is 1. The van der Waals surface area contributed by atoms with E-state index in [-0.39, 0.29) is 30.2 Å². The number of primary amides is 1. The number of hydrogen-bond acceptors (Lipinski definition) is 3. The van der Waals surface area contributed by atoms with Gasteiger partial charge in [-0.05, 0) is 30.5 Å². The Morgan fingerprint density at radius 1 is 1.31 bits per heavy atom. The van der Waals surface area contributed by atoms with Gasteiger partial charge < -0.3 is 25.6 Å². The zero-order valence-electron chi connectivity index (χ0n) is 15.8. The molecule has 1 aliphatic heterocycles. The average Bonchev–Trinajstić information content (AvgIpc) is 3.43. The molecule has 1 aliphatic carbocycles. The number of benzene rings is 1. The van der Waals surface area contributed by atoms with Gasteiger partial charge in [-0.1, -0.05) is 23.7 Å². The van der Waals surface area contributed by atoms with Crippen LogP contribution >= 0.6 is 11.6 Å². The zero-order valence-corrected chi connectivity index (χ0v) is 16.5. The van der Waals surface area contributed by atoms with Gasteiger partial charge in [0.1, 0.15) is 11.0 Å². The SMILES string of the molecule is NC(=O)c1c(-c2cccc(F)c2)c(Cl)n2c1CN(C(=O)NCC1(CO)CC1)CC2. The lowest BCUT2D eigenvalue weighted by Gasteiger charge is -2.30. The Hall–Kier alpha value is -2.58. The molecular weight excluding hydrogens is 399 g/mol. The van der Waals surface area contributed by atoms with Gasteiger partial charge in [0.15, 0.2) is 0 Å². The number of urea groups is 1. The highest BCUT2D eigenvalue weighted by atomic mass is 35.5. The number of aromatic nitrogens is 1. The number of fused-ring (bicyclic) bond motifs is 1. The minimum absolute atomic E-state index is 0.0502. The van der Waals surface area contributed by atoms with E-state index in [9.17, 15) is 19.1 Å². The van der Waals surface area contributed by atoms with Gasteiger partial charge in [-0.15, -0.1) is 0 Å². The van der Waals surface area contributed by atoms with Crippen LogP contribution in [0.3, 0.4) is 0 Å². The Morgan fingerprint density at radius 3 is 2.69 bits per heavy atom. The Bertz CT molecular complexity index is 986. The van der Waals surface area contributed by atoms with Crippen LogP contribution in [0.2, 0.25) is 5.15 Å². The lowest BCUT2D eigenvalue weighted by molar-refractivity contribution is 0.0997. The molecule has 1 aromatic heterocycles. The van der Waals surface area contributed by atoms with Crippen molar-refractivity contribution in [3.63, 3.8) is 0 Å². The highest BCUT2D eigenvalue weighted by Crippen LogP contribution is 2.44. The summed E-state index contributed by atoms with van der Waals surface area (Å²) >= 11 is 6.54. The van der Waals surface area contributed by atoms with Crippen LogP contribution in [0.5, 0.6) is 0 Å². The average molecular weight is 421 g/mol. The Labute approximate surface area is 172 Å². The fourth-order valence-electron chi connectivity index (χ4n) is 3.80. The second-order valence-corrected chi connectivity index (χ2v) is 8.11. The summed E-state index contributed by atoms with van der Waals surface area (Å²) in [6.07, 6.45) is 1.79. The minimum Gasteiger partial charge on any atom is -0.396 e. The largest absolute Gasteiger partial charge is 0.396 e. The molecule has 3 amide bonds. The molecule has 1 aromatic carbocycles. The summed E-state index contributed by atoms with van der Waals surface area (Å²) in [6, 6.07) is 5.54. The van der Waals surface area contributed by atoms with Gasteiger partial charge in [0.25, 0.3) is 5.91 Å². The van der Waals surface area contributed by atoms with Crippen LogP contribution in [0.15, 0.2) is 24.3 Å². The summed E-state index contributed by atoms with van der Waals surface area (Å²) in [5.41, 5.74) is 7.02. The van der Waals surface area contributed by atoms with E-state index in [1.165, 1.54) is 18.2 Å². The van der Waals surface area contributed by atoms with E-state index >= 15 is 0 Å².